The van der Waals surface area contributed by atoms with E-state index in [1.807, 2.05) is 0 Å². The fraction of sp³-hybridized carbons (Fsp3) is 0.238. The zero-order valence-corrected chi connectivity index (χ0v) is 13.3. The van der Waals surface area contributed by atoms with E-state index in [1.165, 1.54) is 24.4 Å². The lowest BCUT2D eigenvalue weighted by Crippen LogP contribution is -2.31. The molecule has 0 N–H and O–H groups in total. The van der Waals surface area contributed by atoms with Gasteiger partial charge in [0.15, 0.2) is 11.8 Å². The van der Waals surface area contributed by atoms with Crippen molar-refractivity contribution in [1.29, 1.82) is 0 Å². The van der Waals surface area contributed by atoms with Gasteiger partial charge in [-0.15, -0.1) is 0 Å². The normalized spacial score (nSPS) is 18.7. The number of hydrogen-bond donors (Lipinski definition) is 0. The van der Waals surface area contributed by atoms with E-state index in [4.69, 9.17) is 16.8 Å². The van der Waals surface area contributed by atoms with E-state index in [0.29, 0.717) is 27.6 Å². The van der Waals surface area contributed by atoms with E-state index in [2.05, 4.69) is 4.98 Å². The van der Waals surface area contributed by atoms with Crippen molar-refractivity contribution in [3.8, 4) is 11.3 Å². The summed E-state index contributed by atoms with van der Waals surface area (Å²) in [7, 11) is 1.70. The molecule has 4 aromatic rings. The second-order valence-electron chi connectivity index (χ2n) is 5.89. The fourth-order valence-electron chi connectivity index (χ4n) is 3.15. The van der Waals surface area contributed by atoms with Crippen LogP contribution < -0.4 is 4.57 Å². The number of fused-ring (bicyclic) bond motifs is 3. The zero-order valence-electron chi connectivity index (χ0n) is 22.3. The van der Waals surface area contributed by atoms with E-state index < -0.39 is 20.6 Å². The first-order chi connectivity index (χ1) is 15.1. The molecule has 0 amide bonds. The van der Waals surface area contributed by atoms with Gasteiger partial charge in [-0.3, -0.25) is 0 Å². The molecule has 120 valence electrons. The van der Waals surface area contributed by atoms with E-state index in [9.17, 15) is 0 Å². The minimum absolute atomic E-state index is 0.0257. The van der Waals surface area contributed by atoms with Crippen LogP contribution in [-0.4, -0.2) is 4.98 Å². The molecule has 0 unspecified atom stereocenters. The molecule has 3 heteroatoms. The molecule has 0 aliphatic heterocycles. The van der Waals surface area contributed by atoms with Crippen molar-refractivity contribution in [3.63, 3.8) is 0 Å². The molecular formula is C21H21N2O+. The van der Waals surface area contributed by atoms with Crippen LogP contribution in [0.1, 0.15) is 34.7 Å². The molecule has 0 bridgehead atoms. The Bertz CT molecular complexity index is 1400. The van der Waals surface area contributed by atoms with Crippen molar-refractivity contribution in [2.24, 2.45) is 7.05 Å². The number of pyridine rings is 2. The van der Waals surface area contributed by atoms with Crippen LogP contribution in [0.3, 0.4) is 0 Å². The average Bonchev–Trinajstić information content (AvgIpc) is 3.04. The minimum Gasteiger partial charge on any atom is -0.437 e. The van der Waals surface area contributed by atoms with E-state index in [1.54, 1.807) is 30.7 Å². The quantitative estimate of drug-likeness (QED) is 0.474. The lowest BCUT2D eigenvalue weighted by Gasteiger charge is -2.08. The third kappa shape index (κ3) is 2.12. The van der Waals surface area contributed by atoms with Crippen molar-refractivity contribution < 1.29 is 21.3 Å². The maximum absolute atomic E-state index is 8.03. The first kappa shape index (κ1) is 7.93. The highest BCUT2D eigenvalue weighted by atomic mass is 16.3. The van der Waals surface area contributed by atoms with Crippen LogP contribution in [0.2, 0.25) is 0 Å². The average molecular weight is 326 g/mol. The molecule has 0 aliphatic carbocycles. The molecular weight excluding hydrogens is 296 g/mol. The van der Waals surface area contributed by atoms with Gasteiger partial charge >= 0.3 is 0 Å². The Balaban J connectivity index is 2.11. The van der Waals surface area contributed by atoms with Gasteiger partial charge in [0.1, 0.15) is 7.05 Å². The molecule has 0 fully saturated rings. The third-order valence-electron chi connectivity index (χ3n) is 4.20. The summed E-state index contributed by atoms with van der Waals surface area (Å²) in [6, 6.07) is 7.57. The van der Waals surface area contributed by atoms with Crippen LogP contribution in [-0.2, 0) is 7.05 Å². The Kier molecular flexibility index (Phi) is 1.71. The van der Waals surface area contributed by atoms with Gasteiger partial charge in [0, 0.05) is 40.4 Å². The molecule has 3 aromatic heterocycles. The summed E-state index contributed by atoms with van der Waals surface area (Å²) < 4.78 is 77.6. The fourth-order valence-corrected chi connectivity index (χ4v) is 3.15. The van der Waals surface area contributed by atoms with Crippen molar-refractivity contribution in [2.45, 2.75) is 27.5 Å². The maximum Gasteiger partial charge on any atom is 0.227 e. The predicted octanol–water partition coefficient (Wildman–Crippen LogP) is 4.71. The molecule has 0 saturated heterocycles. The van der Waals surface area contributed by atoms with Crippen LogP contribution in [0.4, 0.5) is 0 Å². The second-order valence-corrected chi connectivity index (χ2v) is 5.89. The molecule has 4 rings (SSSR count). The smallest absolute Gasteiger partial charge is 0.227 e. The lowest BCUT2D eigenvalue weighted by molar-refractivity contribution is -0.660. The van der Waals surface area contributed by atoms with Crippen molar-refractivity contribution in [1.82, 2.24) is 4.98 Å². The maximum atomic E-state index is 8.03. The van der Waals surface area contributed by atoms with E-state index >= 15 is 0 Å². The van der Waals surface area contributed by atoms with Crippen molar-refractivity contribution >= 4 is 22.1 Å². The van der Waals surface area contributed by atoms with E-state index in [-0.39, 0.29) is 28.1 Å². The molecule has 1 aromatic carbocycles. The van der Waals surface area contributed by atoms with Crippen LogP contribution in [0, 0.1) is 27.5 Å². The van der Waals surface area contributed by atoms with Gasteiger partial charge in [0.05, 0.1) is 5.56 Å². The Morgan fingerprint density at radius 3 is 2.75 bits per heavy atom. The largest absolute Gasteiger partial charge is 0.437 e. The first-order valence-corrected chi connectivity index (χ1v) is 7.47. The molecule has 0 atom stereocenters. The molecule has 3 heterocycles. The number of furan rings is 1. The summed E-state index contributed by atoms with van der Waals surface area (Å²) in [5, 5.41) is 0.724. The highest BCUT2D eigenvalue weighted by molar-refractivity contribution is 6.10. The highest BCUT2D eigenvalue weighted by Gasteiger charge is 2.22. The van der Waals surface area contributed by atoms with Gasteiger partial charge in [-0.1, -0.05) is 6.07 Å². The van der Waals surface area contributed by atoms with Crippen LogP contribution in [0.25, 0.3) is 33.3 Å². The first-order valence-electron chi connectivity index (χ1n) is 12.0. The Labute approximate surface area is 154 Å². The topological polar surface area (TPSA) is 29.9 Å². The van der Waals surface area contributed by atoms with Crippen molar-refractivity contribution in [2.75, 3.05) is 0 Å². The summed E-state index contributed by atoms with van der Waals surface area (Å²) in [6.07, 6.45) is 1.50. The van der Waals surface area contributed by atoms with Gasteiger partial charge in [0.25, 0.3) is 0 Å². The van der Waals surface area contributed by atoms with Gasteiger partial charge in [-0.05, 0) is 56.8 Å². The van der Waals surface area contributed by atoms with Gasteiger partial charge in [-0.2, -0.15) is 0 Å². The van der Waals surface area contributed by atoms with Crippen molar-refractivity contribution in [3.05, 3.63) is 58.9 Å². The second kappa shape index (κ2) is 5.17. The molecule has 3 nitrogen and oxygen atoms in total. The standard InChI is InChI=1S/C21H21N2O/c1-12-6-9-17(23(5)11-12)19-14(3)10-13(2)18-16-8-7-15(4)22-21(16)24-20(18)19/h6-11H,1-5H3/q+1/i1D3,2D3,4D3. The summed E-state index contributed by atoms with van der Waals surface area (Å²) in [6.45, 7) is -5.43. The van der Waals surface area contributed by atoms with Crippen LogP contribution >= 0.6 is 0 Å². The van der Waals surface area contributed by atoms with Gasteiger partial charge in [-0.25, -0.2) is 9.55 Å². The van der Waals surface area contributed by atoms with Crippen LogP contribution in [0.15, 0.2) is 40.9 Å². The summed E-state index contributed by atoms with van der Waals surface area (Å²) in [5.74, 6) is 0. The summed E-state index contributed by atoms with van der Waals surface area (Å²) >= 11 is 0. The van der Waals surface area contributed by atoms with Gasteiger partial charge in [0.2, 0.25) is 11.4 Å². The SMILES string of the molecule is [2H]C([2H])([2H])c1ccc(-c2c(C)cc(C([2H])([2H])[2H])c3c2oc2nc(C([2H])([2H])[2H])ccc23)[n+](C)c1. The monoisotopic (exact) mass is 326 g/mol. The minimum atomic E-state index is -2.45. The lowest BCUT2D eigenvalue weighted by atomic mass is 9.97. The Morgan fingerprint density at radius 2 is 2.00 bits per heavy atom. The number of aryl methyl sites for hydroxylation is 5. The third-order valence-corrected chi connectivity index (χ3v) is 4.20. The summed E-state index contributed by atoms with van der Waals surface area (Å²) in [5.41, 5.74) is 2.15. The number of hydrogen-bond acceptors (Lipinski definition) is 2. The predicted molar refractivity (Wildman–Crippen MR) is 97.1 cm³/mol. The van der Waals surface area contributed by atoms with E-state index in [0.717, 1.165) is 0 Å². The van der Waals surface area contributed by atoms with Gasteiger partial charge < -0.3 is 4.42 Å². The molecule has 0 spiro atoms. The van der Waals surface area contributed by atoms with Crippen LogP contribution in [0.5, 0.6) is 0 Å². The Morgan fingerprint density at radius 1 is 1.08 bits per heavy atom. The number of aromatic nitrogens is 2. The molecule has 24 heavy (non-hydrogen) atoms. The number of nitrogens with zero attached hydrogens (tertiary/aromatic N) is 2. The molecule has 0 saturated carbocycles. The highest BCUT2D eigenvalue weighted by Crippen LogP contribution is 2.38. The zero-order chi connectivity index (χ0) is 24.5. The molecule has 0 aliphatic rings. The number of rotatable bonds is 1. The molecule has 0 radical (unpaired) electrons. The number of benzene rings is 1. The summed E-state index contributed by atoms with van der Waals surface area (Å²) in [4.78, 5) is 4.15. The Hall–Kier alpha value is -2.68.